The summed E-state index contributed by atoms with van der Waals surface area (Å²) < 4.78 is 0. The summed E-state index contributed by atoms with van der Waals surface area (Å²) in [6, 6.07) is 0.379. The van der Waals surface area contributed by atoms with Gasteiger partial charge in [0.05, 0.1) is 11.7 Å². The molecule has 1 heterocycles. The molecule has 0 aromatic carbocycles. The van der Waals surface area contributed by atoms with E-state index in [1.54, 1.807) is 0 Å². The Bertz CT molecular complexity index is 264. The van der Waals surface area contributed by atoms with Crippen molar-refractivity contribution in [3.05, 3.63) is 11.8 Å². The minimum atomic E-state index is 0.379. The largest absolute Gasteiger partial charge is 0.181 e. The molecular weight excluding hydrogens is 208 g/mol. The Balaban J connectivity index is 2.14. The van der Waals surface area contributed by atoms with E-state index in [0.717, 1.165) is 18.3 Å². The average molecular weight is 236 g/mol. The minimum absolute atomic E-state index is 0.379. The Morgan fingerprint density at radius 3 is 2.41 bits per heavy atom. The van der Waals surface area contributed by atoms with Crippen molar-refractivity contribution in [3.8, 4) is 0 Å². The van der Waals surface area contributed by atoms with Gasteiger partial charge in [-0.05, 0) is 37.2 Å². The third kappa shape index (κ3) is 6.60. The maximum absolute atomic E-state index is 4.34. The van der Waals surface area contributed by atoms with E-state index in [1.807, 2.05) is 0 Å². The van der Waals surface area contributed by atoms with Gasteiger partial charge in [0, 0.05) is 0 Å². The first-order chi connectivity index (χ1) is 8.08. The maximum Gasteiger partial charge on any atom is 0.0914 e. The van der Waals surface area contributed by atoms with Crippen LogP contribution < -0.4 is 0 Å². The molecule has 0 spiro atoms. The molecule has 1 aliphatic heterocycles. The lowest BCUT2D eigenvalue weighted by Crippen LogP contribution is -1.97. The predicted octanol–water partition coefficient (Wildman–Crippen LogP) is 5.36. The van der Waals surface area contributed by atoms with E-state index < -0.39 is 0 Å². The van der Waals surface area contributed by atoms with Gasteiger partial charge in [0.25, 0.3) is 0 Å². The van der Waals surface area contributed by atoms with Gasteiger partial charge in [-0.15, -0.1) is 0 Å². The van der Waals surface area contributed by atoms with E-state index in [-0.39, 0.29) is 0 Å². The Labute approximate surface area is 107 Å². The summed E-state index contributed by atoms with van der Waals surface area (Å²) in [6.07, 6.45) is 9.75. The lowest BCUT2D eigenvalue weighted by Gasteiger charge is -2.05. The monoisotopic (exact) mass is 236 g/mol. The lowest BCUT2D eigenvalue weighted by atomic mass is 10.0. The van der Waals surface area contributed by atoms with Crippen molar-refractivity contribution in [3.63, 3.8) is 0 Å². The van der Waals surface area contributed by atoms with Crippen LogP contribution in [0.1, 0.15) is 66.2 Å². The number of hydrogen-bond donors (Lipinski definition) is 0. The zero-order chi connectivity index (χ0) is 12.7. The van der Waals surface area contributed by atoms with E-state index in [2.05, 4.69) is 44.0 Å². The summed E-state index contributed by atoms with van der Waals surface area (Å²) in [5, 5.41) is 8.63. The molecular formula is C15H28N2. The molecule has 0 aromatic heterocycles. The van der Waals surface area contributed by atoms with Gasteiger partial charge in [-0.3, -0.25) is 0 Å². The van der Waals surface area contributed by atoms with Crippen LogP contribution in [-0.2, 0) is 0 Å². The van der Waals surface area contributed by atoms with Gasteiger partial charge in [-0.1, -0.05) is 47.0 Å². The standard InChI is InChI=1S/C15H28N2/c1-12(2)7-5-6-8-14-11-15(17-16-14)10-9-13(3)4/h11-14H,5-10H2,1-4H3. The second kappa shape index (κ2) is 7.62. The second-order valence-corrected chi connectivity index (χ2v) is 6.05. The highest BCUT2D eigenvalue weighted by atomic mass is 15.1. The summed E-state index contributed by atoms with van der Waals surface area (Å²) in [6.45, 7) is 9.10. The van der Waals surface area contributed by atoms with Gasteiger partial charge in [0.1, 0.15) is 0 Å². The summed E-state index contributed by atoms with van der Waals surface area (Å²) in [4.78, 5) is 0. The minimum Gasteiger partial charge on any atom is -0.181 e. The number of allylic oxidation sites excluding steroid dienone is 1. The number of unbranched alkanes of at least 4 members (excludes halogenated alkanes) is 1. The summed E-state index contributed by atoms with van der Waals surface area (Å²) in [7, 11) is 0. The van der Waals surface area contributed by atoms with Crippen LogP contribution in [0.3, 0.4) is 0 Å². The molecule has 2 heteroatoms. The topological polar surface area (TPSA) is 24.7 Å². The van der Waals surface area contributed by atoms with E-state index in [1.165, 1.54) is 37.8 Å². The Morgan fingerprint density at radius 2 is 1.76 bits per heavy atom. The van der Waals surface area contributed by atoms with E-state index in [0.29, 0.717) is 6.04 Å². The van der Waals surface area contributed by atoms with Crippen LogP contribution in [0.2, 0.25) is 0 Å². The zero-order valence-electron chi connectivity index (χ0n) is 11.9. The SMILES string of the molecule is CC(C)CCCCC1C=C(CCC(C)C)N=N1. The van der Waals surface area contributed by atoms with E-state index in [9.17, 15) is 0 Å². The molecule has 0 aromatic rings. The molecule has 98 valence electrons. The van der Waals surface area contributed by atoms with Crippen LogP contribution in [0.5, 0.6) is 0 Å². The van der Waals surface area contributed by atoms with Crippen molar-refractivity contribution in [2.45, 2.75) is 72.3 Å². The fourth-order valence-corrected chi connectivity index (χ4v) is 2.05. The Kier molecular flexibility index (Phi) is 6.46. The van der Waals surface area contributed by atoms with Crippen LogP contribution in [-0.4, -0.2) is 6.04 Å². The van der Waals surface area contributed by atoms with Gasteiger partial charge in [0.2, 0.25) is 0 Å². The first-order valence-electron chi connectivity index (χ1n) is 7.19. The summed E-state index contributed by atoms with van der Waals surface area (Å²) >= 11 is 0. The molecule has 0 fully saturated rings. The molecule has 0 saturated carbocycles. The summed E-state index contributed by atoms with van der Waals surface area (Å²) in [5.41, 5.74) is 1.22. The first-order valence-corrected chi connectivity index (χ1v) is 7.19. The smallest absolute Gasteiger partial charge is 0.0914 e. The highest BCUT2D eigenvalue weighted by Crippen LogP contribution is 2.23. The van der Waals surface area contributed by atoms with Gasteiger partial charge < -0.3 is 0 Å². The molecule has 0 amide bonds. The molecule has 1 aliphatic rings. The van der Waals surface area contributed by atoms with Gasteiger partial charge in [0.15, 0.2) is 0 Å². The quantitative estimate of drug-likeness (QED) is 0.507. The van der Waals surface area contributed by atoms with Crippen molar-refractivity contribution >= 4 is 0 Å². The third-order valence-electron chi connectivity index (χ3n) is 3.23. The van der Waals surface area contributed by atoms with E-state index >= 15 is 0 Å². The fraction of sp³-hybridized carbons (Fsp3) is 0.867. The molecule has 1 atom stereocenters. The van der Waals surface area contributed by atoms with Crippen molar-refractivity contribution in [2.24, 2.45) is 22.1 Å². The third-order valence-corrected chi connectivity index (χ3v) is 3.23. The molecule has 0 N–H and O–H groups in total. The molecule has 17 heavy (non-hydrogen) atoms. The first kappa shape index (κ1) is 14.4. The number of hydrogen-bond acceptors (Lipinski definition) is 2. The number of nitrogens with zero attached hydrogens (tertiary/aromatic N) is 2. The molecule has 1 rings (SSSR count). The van der Waals surface area contributed by atoms with Gasteiger partial charge in [-0.2, -0.15) is 10.2 Å². The highest BCUT2D eigenvalue weighted by Gasteiger charge is 2.12. The Hall–Kier alpha value is -0.660. The molecule has 0 aliphatic carbocycles. The maximum atomic E-state index is 4.34. The highest BCUT2D eigenvalue weighted by molar-refractivity contribution is 5.09. The van der Waals surface area contributed by atoms with Crippen molar-refractivity contribution in [2.75, 3.05) is 0 Å². The van der Waals surface area contributed by atoms with Crippen molar-refractivity contribution < 1.29 is 0 Å². The van der Waals surface area contributed by atoms with Crippen LogP contribution in [0, 0.1) is 11.8 Å². The van der Waals surface area contributed by atoms with Crippen LogP contribution in [0.15, 0.2) is 22.0 Å². The molecule has 0 saturated heterocycles. The Morgan fingerprint density at radius 1 is 1.06 bits per heavy atom. The molecule has 1 unspecified atom stereocenters. The van der Waals surface area contributed by atoms with E-state index in [4.69, 9.17) is 0 Å². The van der Waals surface area contributed by atoms with Crippen LogP contribution in [0.25, 0.3) is 0 Å². The van der Waals surface area contributed by atoms with Gasteiger partial charge >= 0.3 is 0 Å². The average Bonchev–Trinajstić information content (AvgIpc) is 2.69. The second-order valence-electron chi connectivity index (χ2n) is 6.05. The fourth-order valence-electron chi connectivity index (χ4n) is 2.05. The van der Waals surface area contributed by atoms with Crippen molar-refractivity contribution in [1.82, 2.24) is 0 Å². The normalized spacial score (nSPS) is 19.4. The predicted molar refractivity (Wildman–Crippen MR) is 74.1 cm³/mol. The van der Waals surface area contributed by atoms with Crippen LogP contribution in [0.4, 0.5) is 0 Å². The molecule has 2 nitrogen and oxygen atoms in total. The van der Waals surface area contributed by atoms with Gasteiger partial charge in [-0.25, -0.2) is 0 Å². The molecule has 0 bridgehead atoms. The van der Waals surface area contributed by atoms with Crippen LogP contribution >= 0.6 is 0 Å². The summed E-state index contributed by atoms with van der Waals surface area (Å²) in [5.74, 6) is 1.59. The lowest BCUT2D eigenvalue weighted by molar-refractivity contribution is 0.516. The number of azo groups is 1. The van der Waals surface area contributed by atoms with Crippen molar-refractivity contribution in [1.29, 1.82) is 0 Å². The zero-order valence-corrected chi connectivity index (χ0v) is 11.9. The molecule has 0 radical (unpaired) electrons. The number of rotatable bonds is 8.